The lowest BCUT2D eigenvalue weighted by Gasteiger charge is -2.60. The summed E-state index contributed by atoms with van der Waals surface area (Å²) in [6.07, 6.45) is 20.5. The molecular formula is C65H91Cl2N3O12. The zero-order valence-corrected chi connectivity index (χ0v) is 51.5. The SMILES string of the molecule is CCOC(=O)OC(C)Cl.CCOC(=O)Oc1ccc2c(c1)[C@@]13CCCC[C@H]1[C@@H](C2)N(C)CC3.CCOC(=O)Oc1ccc2c(c1)[C@@]13CCCC[C@H]1[C@@H](C2)[N@+](C)(COC(C)=O)CC3.CN1CC[C@]23CCCC[C@H]2[C@H]1Cc1ccc(O)cc13.[Cl-]. The summed E-state index contributed by atoms with van der Waals surface area (Å²) in [4.78, 5) is 50.4. The number of carbonyl (C=O) groups excluding carboxylic acids is 4. The fraction of sp³-hybridized carbons (Fsp3) is 0.662. The Morgan fingerprint density at radius 1 is 0.610 bits per heavy atom. The molecule has 6 bridgehead atoms. The Morgan fingerprint density at radius 3 is 1.52 bits per heavy atom. The van der Waals surface area contributed by atoms with Crippen molar-refractivity contribution in [3.05, 3.63) is 88.0 Å². The molecule has 3 aromatic rings. The third-order valence-corrected chi connectivity index (χ3v) is 20.8. The van der Waals surface area contributed by atoms with E-state index in [1.165, 1.54) is 150 Å². The number of carbonyl (C=O) groups is 4. The van der Waals surface area contributed by atoms with E-state index in [2.05, 4.69) is 76.8 Å². The van der Waals surface area contributed by atoms with Gasteiger partial charge in [-0.3, -0.25) is 9.28 Å². The quantitative estimate of drug-likeness (QED) is 0.0747. The third-order valence-electron chi connectivity index (χ3n) is 20.7. The number of phenolic OH excluding ortho intramolecular Hbond substituents is 1. The summed E-state index contributed by atoms with van der Waals surface area (Å²) in [5.74, 6) is 3.57. The Labute approximate surface area is 498 Å². The number of benzene rings is 3. The van der Waals surface area contributed by atoms with Crippen LogP contribution >= 0.6 is 11.6 Å². The minimum atomic E-state index is -0.722. The van der Waals surface area contributed by atoms with Gasteiger partial charge in [-0.1, -0.05) is 68.3 Å². The molecule has 6 aliphatic carbocycles. The molecule has 0 aromatic heterocycles. The van der Waals surface area contributed by atoms with Gasteiger partial charge < -0.3 is 60.5 Å². The Kier molecular flexibility index (Phi) is 20.9. The number of likely N-dealkylation sites (N-methyl/N-ethyl adjacent to an activating group) is 3. The van der Waals surface area contributed by atoms with Crippen molar-refractivity contribution in [2.45, 2.75) is 190 Å². The lowest BCUT2D eigenvalue weighted by Crippen LogP contribution is -3.00. The van der Waals surface area contributed by atoms with Crippen LogP contribution in [-0.2, 0) is 64.0 Å². The fourth-order valence-corrected chi connectivity index (χ4v) is 17.2. The molecule has 3 heterocycles. The molecule has 15 nitrogen and oxygen atoms in total. The first kappa shape index (κ1) is 63.2. The predicted molar refractivity (Wildman–Crippen MR) is 310 cm³/mol. The van der Waals surface area contributed by atoms with E-state index in [0.717, 1.165) is 48.2 Å². The van der Waals surface area contributed by atoms with Crippen molar-refractivity contribution in [1.82, 2.24) is 9.80 Å². The van der Waals surface area contributed by atoms with E-state index in [1.807, 2.05) is 18.2 Å². The predicted octanol–water partition coefficient (Wildman–Crippen LogP) is 9.68. The van der Waals surface area contributed by atoms with E-state index in [9.17, 15) is 24.3 Å². The lowest BCUT2D eigenvalue weighted by molar-refractivity contribution is -0.959. The number of halogens is 2. The van der Waals surface area contributed by atoms with Crippen LogP contribution in [-0.4, -0.2) is 135 Å². The number of ether oxygens (including phenoxy) is 7. The van der Waals surface area contributed by atoms with Crippen molar-refractivity contribution in [3.63, 3.8) is 0 Å². The number of esters is 1. The second kappa shape index (κ2) is 27.1. The van der Waals surface area contributed by atoms with Crippen molar-refractivity contribution in [1.29, 1.82) is 0 Å². The molecule has 3 saturated carbocycles. The maximum absolute atomic E-state index is 11.8. The topological polar surface area (TPSA) is 160 Å². The molecule has 9 aliphatic rings. The molecule has 17 heteroatoms. The maximum Gasteiger partial charge on any atom is 0.513 e. The smallest absolute Gasteiger partial charge is 0.513 e. The minimum absolute atomic E-state index is 0. The summed E-state index contributed by atoms with van der Waals surface area (Å²) in [5.41, 5.74) is 8.75. The molecule has 0 spiro atoms. The van der Waals surface area contributed by atoms with Crippen molar-refractivity contribution >= 4 is 36.0 Å². The van der Waals surface area contributed by atoms with Crippen molar-refractivity contribution < 1.29 is 74.3 Å². The monoisotopic (exact) mass is 1180 g/mol. The van der Waals surface area contributed by atoms with Gasteiger partial charge in [-0.05, 0) is 201 Å². The third kappa shape index (κ3) is 13.0. The van der Waals surface area contributed by atoms with Gasteiger partial charge in [0.1, 0.15) is 17.2 Å². The van der Waals surface area contributed by atoms with E-state index in [1.54, 1.807) is 27.7 Å². The zero-order chi connectivity index (χ0) is 57.7. The van der Waals surface area contributed by atoms with Crippen molar-refractivity contribution in [2.75, 3.05) is 67.3 Å². The van der Waals surface area contributed by atoms with E-state index in [4.69, 9.17) is 35.3 Å². The number of alkyl halides is 1. The largest absolute Gasteiger partial charge is 1.00 e. The number of hydrogen-bond donors (Lipinski definition) is 1. The summed E-state index contributed by atoms with van der Waals surface area (Å²) in [6.45, 7) is 13.1. The van der Waals surface area contributed by atoms with Crippen LogP contribution in [0.15, 0.2) is 54.6 Å². The first-order valence-corrected chi connectivity index (χ1v) is 31.0. The van der Waals surface area contributed by atoms with E-state index in [0.29, 0.717) is 67.2 Å². The maximum atomic E-state index is 11.8. The lowest BCUT2D eigenvalue weighted by atomic mass is 9.52. The molecule has 3 saturated heterocycles. The number of aromatic hydroxyl groups is 1. The zero-order valence-electron chi connectivity index (χ0n) is 50.0. The van der Waals surface area contributed by atoms with Gasteiger partial charge in [-0.15, -0.1) is 0 Å². The van der Waals surface area contributed by atoms with Gasteiger partial charge in [0, 0.05) is 54.0 Å². The van der Waals surface area contributed by atoms with Crippen LogP contribution < -0.4 is 21.9 Å². The van der Waals surface area contributed by atoms with Gasteiger partial charge in [-0.2, -0.15) is 0 Å². The number of piperidine rings is 3. The van der Waals surface area contributed by atoms with Gasteiger partial charge >= 0.3 is 24.4 Å². The number of fused-ring (bicyclic) bond motifs is 3. The Morgan fingerprint density at radius 2 is 1.05 bits per heavy atom. The molecule has 1 N–H and O–H groups in total. The minimum Gasteiger partial charge on any atom is -1.00 e. The average Bonchev–Trinajstić information content (AvgIpc) is 3.65. The van der Waals surface area contributed by atoms with Gasteiger partial charge in [0.05, 0.1) is 39.5 Å². The van der Waals surface area contributed by atoms with Crippen LogP contribution in [0.1, 0.15) is 164 Å². The van der Waals surface area contributed by atoms with Crippen LogP contribution in [0.3, 0.4) is 0 Å². The highest BCUT2D eigenvalue weighted by atomic mass is 35.5. The molecule has 1 unspecified atom stereocenters. The highest BCUT2D eigenvalue weighted by molar-refractivity contribution is 6.19. The first-order valence-electron chi connectivity index (χ1n) is 30.5. The van der Waals surface area contributed by atoms with E-state index >= 15 is 0 Å². The molecule has 3 aromatic carbocycles. The standard InChI is InChI=1S/C23H32NO5.C20H27NO3.C17H23NO.C5H9ClO3.ClH/c1-4-27-22(26)29-18-9-8-17-13-21-19-7-5-6-10-23(19,20(17)14-18)11-12-24(21,3)15-28-16(2)25;1-3-23-19(22)24-15-8-7-14-12-18-16-6-4-5-9-20(16,17(14)13-15)10-11-21(18)2;1-18-9-8-17-7-3-2-4-14(17)16(18)10-12-5-6-13(19)11-15(12)17;1-3-8-5(7)9-4(2)6;/h8-9,14,19,21H,4-7,10-13,15H2,1-3H3;7-8,13,16,18H,3-6,9-12H2,1-2H3;5-6,11,14,16,19H,2-4,7-10H2,1H3;4H,3H2,1-2H3;1H/q+1;;;;/p-1/t19-,21+,23+,24-;16-,18+,20+;14-,16+,17+;;/m000../s1. The summed E-state index contributed by atoms with van der Waals surface area (Å²) < 4.78 is 35.8. The Bertz CT molecular complexity index is 2730. The summed E-state index contributed by atoms with van der Waals surface area (Å²) in [7, 11) is 6.83. The second-order valence-electron chi connectivity index (χ2n) is 24.9. The molecule has 11 atom stereocenters. The number of quaternary nitrogens is 1. The number of rotatable bonds is 8. The van der Waals surface area contributed by atoms with Crippen LogP contribution in [0.25, 0.3) is 0 Å². The Hall–Kier alpha value is -4.80. The number of likely N-dealkylation sites (tertiary alicyclic amines) is 3. The van der Waals surface area contributed by atoms with Gasteiger partial charge in [0.25, 0.3) is 0 Å². The van der Waals surface area contributed by atoms with Gasteiger partial charge in [-0.25, -0.2) is 14.4 Å². The summed E-state index contributed by atoms with van der Waals surface area (Å²) in [5, 5.41) is 9.91. The molecular weight excluding hydrogens is 1090 g/mol. The van der Waals surface area contributed by atoms with Crippen LogP contribution in [0.5, 0.6) is 17.2 Å². The molecule has 452 valence electrons. The normalized spacial score (nSPS) is 30.8. The Balaban J connectivity index is 0.000000151. The average molecular weight is 1180 g/mol. The highest BCUT2D eigenvalue weighted by Crippen LogP contribution is 2.59. The van der Waals surface area contributed by atoms with Crippen LogP contribution in [0.4, 0.5) is 14.4 Å². The van der Waals surface area contributed by atoms with Crippen LogP contribution in [0, 0.1) is 17.8 Å². The summed E-state index contributed by atoms with van der Waals surface area (Å²) in [6, 6.07) is 20.3. The second-order valence-corrected chi connectivity index (χ2v) is 25.5. The van der Waals surface area contributed by atoms with Crippen LogP contribution in [0.2, 0.25) is 0 Å². The van der Waals surface area contributed by atoms with Crippen molar-refractivity contribution in [2.24, 2.45) is 17.8 Å². The van der Waals surface area contributed by atoms with E-state index in [-0.39, 0.29) is 29.2 Å². The molecule has 12 rings (SSSR count). The molecule has 6 fully saturated rings. The number of nitrogens with zero attached hydrogens (tertiary/aromatic N) is 3. The van der Waals surface area contributed by atoms with Crippen molar-refractivity contribution in [3.8, 4) is 17.2 Å². The molecule has 0 radical (unpaired) electrons. The van der Waals surface area contributed by atoms with E-state index < -0.39 is 24.0 Å². The molecule has 3 aliphatic heterocycles. The molecule has 82 heavy (non-hydrogen) atoms. The molecule has 0 amide bonds. The van der Waals surface area contributed by atoms with Gasteiger partial charge in [0.15, 0.2) is 5.56 Å². The summed E-state index contributed by atoms with van der Waals surface area (Å²) >= 11 is 5.29. The number of phenols is 1. The highest BCUT2D eigenvalue weighted by Gasteiger charge is 2.60. The fourth-order valence-electron chi connectivity index (χ4n) is 17.1. The van der Waals surface area contributed by atoms with Gasteiger partial charge in [0.2, 0.25) is 6.73 Å². The number of hydrogen-bond acceptors (Lipinski definition) is 14. The first-order chi connectivity index (χ1) is 38.9.